The van der Waals surface area contributed by atoms with Crippen LogP contribution in [0.3, 0.4) is 0 Å². The molecule has 0 aromatic heterocycles. The zero-order valence-electron chi connectivity index (χ0n) is 8.28. The van der Waals surface area contributed by atoms with Crippen LogP contribution in [-0.4, -0.2) is 45.7 Å². The van der Waals surface area contributed by atoms with E-state index in [0.29, 0.717) is 13.0 Å². The molecule has 0 saturated carbocycles. The van der Waals surface area contributed by atoms with E-state index in [1.807, 2.05) is 0 Å². The summed E-state index contributed by atoms with van der Waals surface area (Å²) in [7, 11) is 0.299. The second-order valence-corrected chi connectivity index (χ2v) is 5.04. The van der Waals surface area contributed by atoms with Crippen LogP contribution in [0.15, 0.2) is 12.7 Å². The van der Waals surface area contributed by atoms with Gasteiger partial charge in [0.05, 0.1) is 5.75 Å². The van der Waals surface area contributed by atoms with Crippen LogP contribution >= 0.6 is 0 Å². The van der Waals surface area contributed by atoms with Crippen LogP contribution in [0.2, 0.25) is 0 Å². The second kappa shape index (κ2) is 6.12. The maximum Gasteiger partial charge on any atom is 0.214 e. The van der Waals surface area contributed by atoms with Crippen molar-refractivity contribution in [3.8, 4) is 0 Å². The summed E-state index contributed by atoms with van der Waals surface area (Å²) in [6.07, 6.45) is 2.22. The fourth-order valence-electron chi connectivity index (χ4n) is 0.883. The Morgan fingerprint density at radius 2 is 2.15 bits per heavy atom. The minimum atomic E-state index is -3.07. The zero-order valence-corrected chi connectivity index (χ0v) is 9.10. The summed E-state index contributed by atoms with van der Waals surface area (Å²) in [4.78, 5) is 0. The number of sulfonamides is 1. The monoisotopic (exact) mass is 206 g/mol. The lowest BCUT2D eigenvalue weighted by atomic mass is 10.5. The van der Waals surface area contributed by atoms with Gasteiger partial charge < -0.3 is 5.32 Å². The van der Waals surface area contributed by atoms with Gasteiger partial charge in [0.2, 0.25) is 10.0 Å². The van der Waals surface area contributed by atoms with Crippen molar-refractivity contribution in [2.75, 3.05) is 32.9 Å². The van der Waals surface area contributed by atoms with Gasteiger partial charge in [0.25, 0.3) is 0 Å². The van der Waals surface area contributed by atoms with Crippen molar-refractivity contribution in [3.63, 3.8) is 0 Å². The molecule has 0 aromatic carbocycles. The van der Waals surface area contributed by atoms with Crippen LogP contribution in [0.4, 0.5) is 0 Å². The van der Waals surface area contributed by atoms with Crippen molar-refractivity contribution in [3.05, 3.63) is 12.7 Å². The zero-order chi connectivity index (χ0) is 10.3. The molecule has 0 radical (unpaired) electrons. The molecule has 0 fully saturated rings. The first-order valence-electron chi connectivity index (χ1n) is 4.24. The van der Waals surface area contributed by atoms with Gasteiger partial charge >= 0.3 is 0 Å². The molecule has 13 heavy (non-hydrogen) atoms. The maximum atomic E-state index is 11.4. The van der Waals surface area contributed by atoms with E-state index in [0.717, 1.165) is 6.54 Å². The Morgan fingerprint density at radius 1 is 1.54 bits per heavy atom. The Bertz CT molecular complexity index is 237. The summed E-state index contributed by atoms with van der Waals surface area (Å²) in [6, 6.07) is 0. The summed E-state index contributed by atoms with van der Waals surface area (Å²) < 4.78 is 24.2. The average molecular weight is 206 g/mol. The normalized spacial score (nSPS) is 11.9. The Balaban J connectivity index is 3.99. The molecule has 0 spiro atoms. The fraction of sp³-hybridized carbons (Fsp3) is 0.750. The number of nitrogens with one attached hydrogen (secondary N) is 1. The van der Waals surface area contributed by atoms with Gasteiger partial charge in [-0.15, -0.1) is 6.58 Å². The lowest BCUT2D eigenvalue weighted by Gasteiger charge is -2.14. The standard InChI is InChI=1S/C8H18N2O2S/c1-4-7-10(3)13(11,12)8-5-6-9-2/h4,9H,1,5-8H2,2-3H3. The molecule has 0 atom stereocenters. The van der Waals surface area contributed by atoms with Gasteiger partial charge in [0, 0.05) is 13.6 Å². The van der Waals surface area contributed by atoms with Crippen LogP contribution in [0.1, 0.15) is 6.42 Å². The van der Waals surface area contributed by atoms with Crippen LogP contribution < -0.4 is 5.32 Å². The molecule has 0 rings (SSSR count). The van der Waals surface area contributed by atoms with E-state index >= 15 is 0 Å². The Hall–Kier alpha value is -0.390. The highest BCUT2D eigenvalue weighted by Gasteiger charge is 2.14. The van der Waals surface area contributed by atoms with Crippen LogP contribution in [0.25, 0.3) is 0 Å². The molecule has 78 valence electrons. The number of hydrogen-bond acceptors (Lipinski definition) is 3. The number of rotatable bonds is 7. The third-order valence-electron chi connectivity index (χ3n) is 1.69. The predicted molar refractivity (Wildman–Crippen MR) is 55.2 cm³/mol. The van der Waals surface area contributed by atoms with Crippen molar-refractivity contribution in [1.82, 2.24) is 9.62 Å². The molecular formula is C8H18N2O2S. The second-order valence-electron chi connectivity index (χ2n) is 2.84. The Morgan fingerprint density at radius 3 is 2.62 bits per heavy atom. The summed E-state index contributed by atoms with van der Waals surface area (Å²) in [6.45, 7) is 4.59. The molecule has 0 aliphatic carbocycles. The number of likely N-dealkylation sites (N-methyl/N-ethyl adjacent to an activating group) is 1. The molecule has 0 saturated heterocycles. The average Bonchev–Trinajstić information content (AvgIpc) is 2.05. The van der Waals surface area contributed by atoms with Gasteiger partial charge in [-0.2, -0.15) is 0 Å². The van der Waals surface area contributed by atoms with Gasteiger partial charge in [0.1, 0.15) is 0 Å². The first-order valence-corrected chi connectivity index (χ1v) is 5.85. The first kappa shape index (κ1) is 12.6. The topological polar surface area (TPSA) is 49.4 Å². The molecule has 0 aromatic rings. The predicted octanol–water partition coefficient (Wildman–Crippen LogP) is 0.0435. The van der Waals surface area contributed by atoms with Gasteiger partial charge in [-0.05, 0) is 20.0 Å². The third kappa shape index (κ3) is 5.02. The van der Waals surface area contributed by atoms with E-state index < -0.39 is 10.0 Å². The Labute approximate surface area is 80.7 Å². The molecular weight excluding hydrogens is 188 g/mol. The number of hydrogen-bond donors (Lipinski definition) is 1. The van der Waals surface area contributed by atoms with E-state index in [1.165, 1.54) is 4.31 Å². The number of nitrogens with zero attached hydrogens (tertiary/aromatic N) is 1. The van der Waals surface area contributed by atoms with Crippen LogP contribution in [-0.2, 0) is 10.0 Å². The summed E-state index contributed by atoms with van der Waals surface area (Å²) in [5.41, 5.74) is 0. The lowest BCUT2D eigenvalue weighted by molar-refractivity contribution is 0.497. The minimum absolute atomic E-state index is 0.193. The lowest BCUT2D eigenvalue weighted by Crippen LogP contribution is -2.30. The SMILES string of the molecule is C=CCN(C)S(=O)(=O)CCCNC. The molecule has 0 amide bonds. The van der Waals surface area contributed by atoms with E-state index in [9.17, 15) is 8.42 Å². The van der Waals surface area contributed by atoms with Gasteiger partial charge in [0.15, 0.2) is 0 Å². The first-order chi connectivity index (χ1) is 6.04. The summed E-state index contributed by atoms with van der Waals surface area (Å²) >= 11 is 0. The van der Waals surface area contributed by atoms with E-state index in [4.69, 9.17) is 0 Å². The summed E-state index contributed by atoms with van der Waals surface area (Å²) in [5.74, 6) is 0.193. The molecule has 4 nitrogen and oxygen atoms in total. The highest BCUT2D eigenvalue weighted by molar-refractivity contribution is 7.89. The quantitative estimate of drug-likeness (QED) is 0.473. The molecule has 0 unspecified atom stereocenters. The largest absolute Gasteiger partial charge is 0.320 e. The smallest absolute Gasteiger partial charge is 0.214 e. The van der Waals surface area contributed by atoms with Crippen LogP contribution in [0, 0.1) is 0 Å². The van der Waals surface area contributed by atoms with Crippen LogP contribution in [0.5, 0.6) is 0 Å². The van der Waals surface area contributed by atoms with Gasteiger partial charge in [-0.25, -0.2) is 12.7 Å². The van der Waals surface area contributed by atoms with E-state index in [-0.39, 0.29) is 5.75 Å². The van der Waals surface area contributed by atoms with Crippen molar-refractivity contribution < 1.29 is 8.42 Å². The molecule has 1 N–H and O–H groups in total. The van der Waals surface area contributed by atoms with Crippen molar-refractivity contribution >= 4 is 10.0 Å². The van der Waals surface area contributed by atoms with Crippen molar-refractivity contribution in [2.45, 2.75) is 6.42 Å². The van der Waals surface area contributed by atoms with Gasteiger partial charge in [-0.1, -0.05) is 6.08 Å². The Kier molecular flexibility index (Phi) is 5.94. The van der Waals surface area contributed by atoms with Crippen molar-refractivity contribution in [2.24, 2.45) is 0 Å². The summed E-state index contributed by atoms with van der Waals surface area (Å²) in [5, 5.41) is 2.91. The maximum absolute atomic E-state index is 11.4. The van der Waals surface area contributed by atoms with Gasteiger partial charge in [-0.3, -0.25) is 0 Å². The van der Waals surface area contributed by atoms with E-state index in [1.54, 1.807) is 20.2 Å². The molecule has 0 aliphatic rings. The third-order valence-corrected chi connectivity index (χ3v) is 3.59. The van der Waals surface area contributed by atoms with Crippen molar-refractivity contribution in [1.29, 1.82) is 0 Å². The highest BCUT2D eigenvalue weighted by atomic mass is 32.2. The molecule has 0 aliphatic heterocycles. The fourth-order valence-corrected chi connectivity index (χ4v) is 2.04. The molecule has 0 bridgehead atoms. The highest BCUT2D eigenvalue weighted by Crippen LogP contribution is 1.99. The minimum Gasteiger partial charge on any atom is -0.320 e. The molecule has 5 heteroatoms. The molecule has 0 heterocycles. The van der Waals surface area contributed by atoms with E-state index in [2.05, 4.69) is 11.9 Å².